The molecule has 1 aromatic rings. The summed E-state index contributed by atoms with van der Waals surface area (Å²) in [5.74, 6) is -0.113. The maximum absolute atomic E-state index is 11.8. The first-order valence-electron chi connectivity index (χ1n) is 7.58. The minimum Gasteiger partial charge on any atom is -0.481 e. The van der Waals surface area contributed by atoms with Crippen molar-refractivity contribution in [1.82, 2.24) is 9.80 Å². The van der Waals surface area contributed by atoms with Gasteiger partial charge in [0.25, 0.3) is 0 Å². The number of rotatable bonds is 6. The summed E-state index contributed by atoms with van der Waals surface area (Å²) in [5.41, 5.74) is 0.00782. The Balaban J connectivity index is 2.04. The molecule has 0 spiro atoms. The van der Waals surface area contributed by atoms with Crippen molar-refractivity contribution < 1.29 is 9.90 Å². The first kappa shape index (κ1) is 16.0. The first-order valence-corrected chi connectivity index (χ1v) is 7.58. The standard InChI is InChI=1S/C17H26N2O2/c1-17(16(20)21,15-7-5-4-6-8-15)13-19(3)12-14-9-10-18(2)11-14/h4-8,14H,9-13H2,1-3H3,(H,20,21). The van der Waals surface area contributed by atoms with Crippen LogP contribution in [0.2, 0.25) is 0 Å². The highest BCUT2D eigenvalue weighted by Gasteiger charge is 2.36. The number of carboxylic acids is 1. The largest absolute Gasteiger partial charge is 0.481 e. The van der Waals surface area contributed by atoms with E-state index in [4.69, 9.17) is 0 Å². The Kier molecular flexibility index (Phi) is 5.01. The molecule has 0 radical (unpaired) electrons. The molecule has 0 aliphatic carbocycles. The van der Waals surface area contributed by atoms with Gasteiger partial charge in [0, 0.05) is 19.6 Å². The van der Waals surface area contributed by atoms with Crippen molar-refractivity contribution in [2.75, 3.05) is 40.3 Å². The summed E-state index contributed by atoms with van der Waals surface area (Å²) in [4.78, 5) is 16.3. The molecule has 1 saturated heterocycles. The van der Waals surface area contributed by atoms with Crippen molar-refractivity contribution in [3.8, 4) is 0 Å². The molecule has 2 rings (SSSR count). The predicted molar refractivity (Wildman–Crippen MR) is 84.5 cm³/mol. The van der Waals surface area contributed by atoms with Gasteiger partial charge < -0.3 is 14.9 Å². The average Bonchev–Trinajstić information content (AvgIpc) is 2.84. The van der Waals surface area contributed by atoms with E-state index in [0.717, 1.165) is 25.2 Å². The number of hydrogen-bond acceptors (Lipinski definition) is 3. The molecular formula is C17H26N2O2. The number of carboxylic acid groups (broad SMARTS) is 1. The molecule has 0 bridgehead atoms. The van der Waals surface area contributed by atoms with Crippen molar-refractivity contribution >= 4 is 5.97 Å². The molecule has 21 heavy (non-hydrogen) atoms. The van der Waals surface area contributed by atoms with Gasteiger partial charge in [0.1, 0.15) is 5.41 Å². The Morgan fingerprint density at radius 2 is 2.10 bits per heavy atom. The second-order valence-electron chi connectivity index (χ2n) is 6.62. The van der Waals surface area contributed by atoms with Crippen LogP contribution >= 0.6 is 0 Å². The Bertz CT molecular complexity index is 477. The monoisotopic (exact) mass is 290 g/mol. The molecule has 0 saturated carbocycles. The lowest BCUT2D eigenvalue weighted by Crippen LogP contribution is -2.44. The molecule has 116 valence electrons. The molecule has 1 N–H and O–H groups in total. The number of likely N-dealkylation sites (N-methyl/N-ethyl adjacent to an activating group) is 1. The lowest BCUT2D eigenvalue weighted by Gasteiger charge is -2.31. The van der Waals surface area contributed by atoms with E-state index < -0.39 is 11.4 Å². The minimum absolute atomic E-state index is 0.534. The fourth-order valence-electron chi connectivity index (χ4n) is 3.31. The van der Waals surface area contributed by atoms with Crippen LogP contribution in [0, 0.1) is 5.92 Å². The summed E-state index contributed by atoms with van der Waals surface area (Å²) < 4.78 is 0. The van der Waals surface area contributed by atoms with Gasteiger partial charge in [-0.3, -0.25) is 4.79 Å². The zero-order valence-electron chi connectivity index (χ0n) is 13.2. The van der Waals surface area contributed by atoms with Gasteiger partial charge in [-0.05, 0) is 45.5 Å². The Morgan fingerprint density at radius 3 is 2.62 bits per heavy atom. The molecule has 1 aromatic carbocycles. The summed E-state index contributed by atoms with van der Waals surface area (Å²) >= 11 is 0. The number of nitrogens with zero attached hydrogens (tertiary/aromatic N) is 2. The smallest absolute Gasteiger partial charge is 0.315 e. The van der Waals surface area contributed by atoms with E-state index in [9.17, 15) is 9.90 Å². The van der Waals surface area contributed by atoms with E-state index in [1.807, 2.05) is 44.3 Å². The van der Waals surface area contributed by atoms with Crippen LogP contribution in [-0.4, -0.2) is 61.2 Å². The third-order valence-corrected chi connectivity index (χ3v) is 4.53. The Morgan fingerprint density at radius 1 is 1.43 bits per heavy atom. The molecule has 1 fully saturated rings. The third kappa shape index (κ3) is 3.83. The minimum atomic E-state index is -0.861. The average molecular weight is 290 g/mol. The summed E-state index contributed by atoms with van der Waals surface area (Å²) in [5, 5.41) is 9.70. The van der Waals surface area contributed by atoms with Crippen LogP contribution in [0.15, 0.2) is 30.3 Å². The van der Waals surface area contributed by atoms with Gasteiger partial charge in [0.2, 0.25) is 0 Å². The summed E-state index contributed by atoms with van der Waals surface area (Å²) in [6, 6.07) is 9.55. The number of hydrogen-bond donors (Lipinski definition) is 1. The maximum atomic E-state index is 11.8. The molecule has 0 aromatic heterocycles. The number of carbonyl (C=O) groups is 1. The SMILES string of the molecule is CN1CCC(CN(C)CC(C)(C(=O)O)c2ccccc2)C1. The second kappa shape index (κ2) is 6.58. The summed E-state index contributed by atoms with van der Waals surface area (Å²) in [6.07, 6.45) is 1.20. The van der Waals surface area contributed by atoms with Gasteiger partial charge >= 0.3 is 5.97 Å². The van der Waals surface area contributed by atoms with Crippen LogP contribution in [0.4, 0.5) is 0 Å². The van der Waals surface area contributed by atoms with Crippen molar-refractivity contribution in [2.45, 2.75) is 18.8 Å². The molecule has 2 atom stereocenters. The zero-order chi connectivity index (χ0) is 15.5. The van der Waals surface area contributed by atoms with Crippen LogP contribution in [0.25, 0.3) is 0 Å². The number of likely N-dealkylation sites (tertiary alicyclic amines) is 1. The third-order valence-electron chi connectivity index (χ3n) is 4.53. The first-order chi connectivity index (χ1) is 9.91. The fourth-order valence-corrected chi connectivity index (χ4v) is 3.31. The molecule has 2 unspecified atom stereocenters. The van der Waals surface area contributed by atoms with Gasteiger partial charge in [0.15, 0.2) is 0 Å². The lowest BCUT2D eigenvalue weighted by molar-refractivity contribution is -0.144. The van der Waals surface area contributed by atoms with E-state index in [0.29, 0.717) is 12.5 Å². The highest BCUT2D eigenvalue weighted by Crippen LogP contribution is 2.26. The van der Waals surface area contributed by atoms with Gasteiger partial charge in [-0.1, -0.05) is 30.3 Å². The predicted octanol–water partition coefficient (Wildman–Crippen LogP) is 1.91. The lowest BCUT2D eigenvalue weighted by atomic mass is 9.82. The Hall–Kier alpha value is -1.39. The fraction of sp³-hybridized carbons (Fsp3) is 0.588. The number of benzene rings is 1. The van der Waals surface area contributed by atoms with Gasteiger partial charge in [-0.25, -0.2) is 0 Å². The van der Waals surface area contributed by atoms with Crippen LogP contribution in [-0.2, 0) is 10.2 Å². The maximum Gasteiger partial charge on any atom is 0.315 e. The number of aliphatic carboxylic acids is 1. The molecular weight excluding hydrogens is 264 g/mol. The quantitative estimate of drug-likeness (QED) is 0.869. The molecule has 1 heterocycles. The van der Waals surface area contributed by atoms with Gasteiger partial charge in [0.05, 0.1) is 0 Å². The second-order valence-corrected chi connectivity index (χ2v) is 6.62. The highest BCUT2D eigenvalue weighted by molar-refractivity contribution is 5.81. The van der Waals surface area contributed by atoms with Crippen molar-refractivity contribution in [2.24, 2.45) is 5.92 Å². The van der Waals surface area contributed by atoms with Crippen molar-refractivity contribution in [3.63, 3.8) is 0 Å². The van der Waals surface area contributed by atoms with Crippen LogP contribution < -0.4 is 0 Å². The van der Waals surface area contributed by atoms with E-state index in [2.05, 4.69) is 16.8 Å². The van der Waals surface area contributed by atoms with Crippen LogP contribution in [0.5, 0.6) is 0 Å². The molecule has 4 heteroatoms. The zero-order valence-corrected chi connectivity index (χ0v) is 13.2. The normalized spacial score (nSPS) is 22.4. The van der Waals surface area contributed by atoms with Crippen LogP contribution in [0.3, 0.4) is 0 Å². The highest BCUT2D eigenvalue weighted by atomic mass is 16.4. The van der Waals surface area contributed by atoms with Gasteiger partial charge in [-0.15, -0.1) is 0 Å². The molecule has 1 aliphatic heterocycles. The van der Waals surface area contributed by atoms with Crippen LogP contribution in [0.1, 0.15) is 18.9 Å². The molecule has 4 nitrogen and oxygen atoms in total. The van der Waals surface area contributed by atoms with E-state index in [-0.39, 0.29) is 0 Å². The molecule has 0 amide bonds. The van der Waals surface area contributed by atoms with Crippen molar-refractivity contribution in [1.29, 1.82) is 0 Å². The van der Waals surface area contributed by atoms with E-state index >= 15 is 0 Å². The summed E-state index contributed by atoms with van der Waals surface area (Å²) in [6.45, 7) is 5.57. The van der Waals surface area contributed by atoms with Crippen molar-refractivity contribution in [3.05, 3.63) is 35.9 Å². The topological polar surface area (TPSA) is 43.8 Å². The van der Waals surface area contributed by atoms with E-state index in [1.54, 1.807) is 0 Å². The molecule has 1 aliphatic rings. The Labute approximate surface area is 127 Å². The van der Waals surface area contributed by atoms with Gasteiger partial charge in [-0.2, -0.15) is 0 Å². The summed E-state index contributed by atoms with van der Waals surface area (Å²) in [7, 11) is 4.17. The van der Waals surface area contributed by atoms with E-state index in [1.165, 1.54) is 6.42 Å².